The molecule has 1 atom stereocenters. The van der Waals surface area contributed by atoms with Crippen molar-refractivity contribution in [2.24, 2.45) is 16.9 Å². The quantitative estimate of drug-likeness (QED) is 0.682. The molecule has 0 saturated carbocycles. The highest BCUT2D eigenvalue weighted by Gasteiger charge is 2.26. The smallest absolute Gasteiger partial charge is 0.156 e. The number of hydrogen-bond acceptors (Lipinski definition) is 4. The number of hydrogen-bond donors (Lipinski definition) is 1. The van der Waals surface area contributed by atoms with Crippen LogP contribution in [0.15, 0.2) is 47.3 Å². The highest BCUT2D eigenvalue weighted by atomic mass is 79.9. The first kappa shape index (κ1) is 14.1. The molecule has 0 aromatic heterocycles. The maximum absolute atomic E-state index is 6.09. The SMILES string of the molecule is CC(C)/C(=C\N(N)c1ccccc1)C1CC(Br)=NO1. The van der Waals surface area contributed by atoms with Crippen LogP contribution in [0.3, 0.4) is 0 Å². The van der Waals surface area contributed by atoms with E-state index >= 15 is 0 Å². The summed E-state index contributed by atoms with van der Waals surface area (Å²) < 4.78 is 0.840. The fourth-order valence-corrected chi connectivity index (χ4v) is 2.34. The maximum atomic E-state index is 6.09. The third-order valence-electron chi connectivity index (χ3n) is 3.01. The van der Waals surface area contributed by atoms with Gasteiger partial charge in [-0.2, -0.15) is 0 Å². The molecule has 102 valence electrons. The summed E-state index contributed by atoms with van der Waals surface area (Å²) in [6, 6.07) is 9.83. The molecule has 1 heterocycles. The van der Waals surface area contributed by atoms with E-state index in [-0.39, 0.29) is 6.10 Å². The number of oxime groups is 1. The highest BCUT2D eigenvalue weighted by Crippen LogP contribution is 2.27. The van der Waals surface area contributed by atoms with E-state index in [0.29, 0.717) is 5.92 Å². The van der Waals surface area contributed by atoms with Gasteiger partial charge in [0.15, 0.2) is 6.10 Å². The van der Waals surface area contributed by atoms with E-state index < -0.39 is 0 Å². The summed E-state index contributed by atoms with van der Waals surface area (Å²) in [4.78, 5) is 5.42. The lowest BCUT2D eigenvalue weighted by molar-refractivity contribution is 0.105. The van der Waals surface area contributed by atoms with Crippen LogP contribution in [-0.2, 0) is 4.84 Å². The zero-order valence-electron chi connectivity index (χ0n) is 11.1. The van der Waals surface area contributed by atoms with Crippen LogP contribution in [0.2, 0.25) is 0 Å². The van der Waals surface area contributed by atoms with Gasteiger partial charge in [0, 0.05) is 12.6 Å². The Morgan fingerprint density at radius 1 is 1.47 bits per heavy atom. The van der Waals surface area contributed by atoms with Crippen LogP contribution in [0.4, 0.5) is 5.69 Å². The van der Waals surface area contributed by atoms with Gasteiger partial charge < -0.3 is 4.84 Å². The zero-order valence-corrected chi connectivity index (χ0v) is 12.7. The van der Waals surface area contributed by atoms with Crippen LogP contribution in [0.1, 0.15) is 20.3 Å². The van der Waals surface area contributed by atoms with Gasteiger partial charge in [-0.25, -0.2) is 5.84 Å². The first-order valence-corrected chi connectivity index (χ1v) is 7.06. The lowest BCUT2D eigenvalue weighted by atomic mass is 9.97. The van der Waals surface area contributed by atoms with Gasteiger partial charge in [-0.15, -0.1) is 0 Å². The Kier molecular flexibility index (Phi) is 4.61. The molecule has 0 fully saturated rings. The van der Waals surface area contributed by atoms with Crippen molar-refractivity contribution in [1.82, 2.24) is 0 Å². The molecule has 2 N–H and O–H groups in total. The van der Waals surface area contributed by atoms with Gasteiger partial charge >= 0.3 is 0 Å². The number of rotatable bonds is 4. The van der Waals surface area contributed by atoms with Gasteiger partial charge in [-0.05, 0) is 39.6 Å². The molecule has 1 aliphatic rings. The molecule has 1 unspecified atom stereocenters. The van der Waals surface area contributed by atoms with E-state index in [4.69, 9.17) is 10.7 Å². The number of hydrazine groups is 1. The fourth-order valence-electron chi connectivity index (χ4n) is 1.97. The van der Waals surface area contributed by atoms with Crippen molar-refractivity contribution in [2.45, 2.75) is 26.4 Å². The third-order valence-corrected chi connectivity index (χ3v) is 3.48. The Morgan fingerprint density at radius 2 is 2.16 bits per heavy atom. The summed E-state index contributed by atoms with van der Waals surface area (Å²) in [5, 5.41) is 5.56. The van der Waals surface area contributed by atoms with Gasteiger partial charge in [0.05, 0.1) is 5.69 Å². The molecule has 0 amide bonds. The average molecular weight is 324 g/mol. The van der Waals surface area contributed by atoms with E-state index in [9.17, 15) is 0 Å². The number of nitrogens with two attached hydrogens (primary N) is 1. The Labute approximate surface area is 122 Å². The molecule has 1 aliphatic heterocycles. The van der Waals surface area contributed by atoms with Gasteiger partial charge in [-0.1, -0.05) is 37.2 Å². The van der Waals surface area contributed by atoms with E-state index in [1.54, 1.807) is 5.01 Å². The molecule has 5 heteroatoms. The monoisotopic (exact) mass is 323 g/mol. The number of nitrogens with zero attached hydrogens (tertiary/aromatic N) is 2. The zero-order chi connectivity index (χ0) is 13.8. The van der Waals surface area contributed by atoms with E-state index in [1.807, 2.05) is 36.5 Å². The van der Waals surface area contributed by atoms with Crippen LogP contribution in [-0.4, -0.2) is 10.7 Å². The van der Waals surface area contributed by atoms with Gasteiger partial charge in [0.2, 0.25) is 0 Å². The van der Waals surface area contributed by atoms with Gasteiger partial charge in [-0.3, -0.25) is 5.01 Å². The predicted octanol–water partition coefficient (Wildman–Crippen LogP) is 3.40. The minimum atomic E-state index is -0.0378. The number of para-hydroxylation sites is 1. The molecule has 1 aromatic rings. The first-order valence-electron chi connectivity index (χ1n) is 6.26. The first-order chi connectivity index (χ1) is 9.08. The lowest BCUT2D eigenvalue weighted by Crippen LogP contribution is -2.28. The minimum Gasteiger partial charge on any atom is -0.387 e. The van der Waals surface area contributed by atoms with Crippen LogP contribution < -0.4 is 10.9 Å². The fraction of sp³-hybridized carbons (Fsp3) is 0.357. The van der Waals surface area contributed by atoms with Crippen LogP contribution in [0.5, 0.6) is 0 Å². The predicted molar refractivity (Wildman–Crippen MR) is 81.9 cm³/mol. The van der Waals surface area contributed by atoms with E-state index in [2.05, 4.69) is 34.9 Å². The molecule has 2 rings (SSSR count). The van der Waals surface area contributed by atoms with Crippen LogP contribution >= 0.6 is 15.9 Å². The summed E-state index contributed by atoms with van der Waals surface area (Å²) in [7, 11) is 0. The Balaban J connectivity index is 2.17. The maximum Gasteiger partial charge on any atom is 0.156 e. The third kappa shape index (κ3) is 3.58. The minimum absolute atomic E-state index is 0.0378. The van der Waals surface area contributed by atoms with E-state index in [0.717, 1.165) is 22.3 Å². The van der Waals surface area contributed by atoms with Gasteiger partial charge in [0.1, 0.15) is 4.62 Å². The highest BCUT2D eigenvalue weighted by molar-refractivity contribution is 9.18. The van der Waals surface area contributed by atoms with Crippen LogP contribution in [0.25, 0.3) is 0 Å². The van der Waals surface area contributed by atoms with Crippen molar-refractivity contribution in [3.8, 4) is 0 Å². The summed E-state index contributed by atoms with van der Waals surface area (Å²) in [5.74, 6) is 6.43. The molecule has 0 saturated heterocycles. The summed E-state index contributed by atoms with van der Waals surface area (Å²) in [6.45, 7) is 4.25. The molecule has 0 radical (unpaired) electrons. The largest absolute Gasteiger partial charge is 0.387 e. The van der Waals surface area contributed by atoms with Gasteiger partial charge in [0.25, 0.3) is 0 Å². The molecule has 1 aromatic carbocycles. The van der Waals surface area contributed by atoms with Crippen molar-refractivity contribution >= 4 is 26.2 Å². The van der Waals surface area contributed by atoms with Crippen molar-refractivity contribution < 1.29 is 4.84 Å². The van der Waals surface area contributed by atoms with E-state index in [1.165, 1.54) is 0 Å². The summed E-state index contributed by atoms with van der Waals surface area (Å²) in [6.07, 6.45) is 2.66. The number of anilines is 1. The average Bonchev–Trinajstić information content (AvgIpc) is 2.82. The lowest BCUT2D eigenvalue weighted by Gasteiger charge is -2.21. The molecular weight excluding hydrogens is 306 g/mol. The van der Waals surface area contributed by atoms with Crippen molar-refractivity contribution in [3.05, 3.63) is 42.1 Å². The van der Waals surface area contributed by atoms with Crippen molar-refractivity contribution in [1.29, 1.82) is 0 Å². The topological polar surface area (TPSA) is 50.8 Å². The second kappa shape index (κ2) is 6.21. The number of halogens is 1. The molecule has 0 spiro atoms. The molecular formula is C14H18BrN3O. The molecule has 0 aliphatic carbocycles. The molecule has 0 bridgehead atoms. The van der Waals surface area contributed by atoms with Crippen LogP contribution in [0, 0.1) is 5.92 Å². The van der Waals surface area contributed by atoms with Crippen molar-refractivity contribution in [2.75, 3.05) is 5.01 Å². The standard InChI is InChI=1S/C14H18BrN3O/c1-10(2)12(13-8-14(15)17-19-13)9-18(16)11-6-4-3-5-7-11/h3-7,9-10,13H,8,16H2,1-2H3/b12-9+. The Morgan fingerprint density at radius 3 is 2.68 bits per heavy atom. The molecule has 4 nitrogen and oxygen atoms in total. The summed E-state index contributed by atoms with van der Waals surface area (Å²) in [5.41, 5.74) is 2.07. The Bertz CT molecular complexity index is 485. The Hall–Kier alpha value is -1.33. The number of benzene rings is 1. The summed E-state index contributed by atoms with van der Waals surface area (Å²) >= 11 is 3.36. The second-order valence-electron chi connectivity index (χ2n) is 4.79. The normalized spacial score (nSPS) is 19.3. The van der Waals surface area contributed by atoms with Crippen molar-refractivity contribution in [3.63, 3.8) is 0 Å². The molecule has 19 heavy (non-hydrogen) atoms. The second-order valence-corrected chi connectivity index (χ2v) is 5.71.